The van der Waals surface area contributed by atoms with E-state index in [-0.39, 0.29) is 4.90 Å². The van der Waals surface area contributed by atoms with Gasteiger partial charge in [-0.3, -0.25) is 9.67 Å². The van der Waals surface area contributed by atoms with Crippen molar-refractivity contribution in [2.45, 2.75) is 11.4 Å². The lowest BCUT2D eigenvalue weighted by atomic mass is 10.3. The third-order valence-corrected chi connectivity index (χ3v) is 3.27. The molecule has 0 atom stereocenters. The van der Waals surface area contributed by atoms with Crippen LogP contribution < -0.4 is 5.73 Å². The predicted octanol–water partition coefficient (Wildman–Crippen LogP) is 0.312. The molecule has 2 aromatic heterocycles. The molecule has 0 radical (unpaired) electrons. The van der Waals surface area contributed by atoms with Crippen molar-refractivity contribution < 1.29 is 8.42 Å². The molecule has 2 aromatic rings. The van der Waals surface area contributed by atoms with E-state index in [1.54, 1.807) is 18.3 Å². The Morgan fingerprint density at radius 3 is 2.82 bits per heavy atom. The van der Waals surface area contributed by atoms with E-state index >= 15 is 0 Å². The van der Waals surface area contributed by atoms with Crippen LogP contribution in [-0.2, 0) is 16.4 Å². The number of hydrogen-bond donors (Lipinski definition) is 1. The van der Waals surface area contributed by atoms with Crippen LogP contribution in [0.15, 0.2) is 35.6 Å². The van der Waals surface area contributed by atoms with Gasteiger partial charge in [0.15, 0.2) is 9.84 Å². The van der Waals surface area contributed by atoms with Crippen molar-refractivity contribution in [3.8, 4) is 0 Å². The monoisotopic (exact) mass is 252 g/mol. The lowest BCUT2D eigenvalue weighted by molar-refractivity contribution is 0.601. The third kappa shape index (κ3) is 2.82. The molecule has 0 saturated carbocycles. The maximum Gasteiger partial charge on any atom is 0.178 e. The van der Waals surface area contributed by atoms with Crippen molar-refractivity contribution in [3.05, 3.63) is 36.4 Å². The van der Waals surface area contributed by atoms with Crippen molar-refractivity contribution in [2.75, 3.05) is 12.0 Å². The van der Waals surface area contributed by atoms with Crippen molar-refractivity contribution in [1.82, 2.24) is 14.8 Å². The highest BCUT2D eigenvalue weighted by atomic mass is 32.2. The second-order valence-corrected chi connectivity index (χ2v) is 5.74. The molecule has 0 aliphatic carbocycles. The molecule has 90 valence electrons. The molecule has 6 nitrogen and oxygen atoms in total. The first-order valence-corrected chi connectivity index (χ1v) is 6.77. The van der Waals surface area contributed by atoms with Crippen molar-refractivity contribution in [2.24, 2.45) is 0 Å². The Balaban J connectivity index is 2.23. The topological polar surface area (TPSA) is 90.9 Å². The minimum Gasteiger partial charge on any atom is -0.399 e. The van der Waals surface area contributed by atoms with Crippen molar-refractivity contribution in [1.29, 1.82) is 0 Å². The van der Waals surface area contributed by atoms with Crippen LogP contribution in [0.4, 0.5) is 5.69 Å². The van der Waals surface area contributed by atoms with E-state index < -0.39 is 9.84 Å². The first kappa shape index (κ1) is 11.6. The molecule has 17 heavy (non-hydrogen) atoms. The lowest BCUT2D eigenvalue weighted by Gasteiger charge is -2.01. The number of hydrogen-bond acceptors (Lipinski definition) is 5. The van der Waals surface area contributed by atoms with E-state index in [1.165, 1.54) is 17.1 Å². The van der Waals surface area contributed by atoms with Crippen LogP contribution in [0.3, 0.4) is 0 Å². The quantitative estimate of drug-likeness (QED) is 0.849. The summed E-state index contributed by atoms with van der Waals surface area (Å²) in [6.45, 7) is 0.389. The molecular weight excluding hydrogens is 240 g/mol. The largest absolute Gasteiger partial charge is 0.399 e. The highest BCUT2D eigenvalue weighted by molar-refractivity contribution is 7.90. The van der Waals surface area contributed by atoms with E-state index in [0.29, 0.717) is 12.2 Å². The number of aromatic nitrogens is 3. The van der Waals surface area contributed by atoms with Gasteiger partial charge in [-0.2, -0.15) is 5.10 Å². The molecule has 0 amide bonds. The zero-order valence-electron chi connectivity index (χ0n) is 9.24. The average molecular weight is 252 g/mol. The second kappa shape index (κ2) is 4.17. The van der Waals surface area contributed by atoms with Gasteiger partial charge in [-0.25, -0.2) is 8.42 Å². The summed E-state index contributed by atoms with van der Waals surface area (Å²) in [5.74, 6) is 0. The number of rotatable bonds is 3. The Labute approximate surface area is 99.0 Å². The van der Waals surface area contributed by atoms with E-state index in [1.807, 2.05) is 0 Å². The Morgan fingerprint density at radius 1 is 1.47 bits per heavy atom. The smallest absolute Gasteiger partial charge is 0.178 e. The summed E-state index contributed by atoms with van der Waals surface area (Å²) in [6, 6.07) is 3.41. The van der Waals surface area contributed by atoms with Crippen LogP contribution in [0.25, 0.3) is 0 Å². The van der Waals surface area contributed by atoms with Gasteiger partial charge in [0, 0.05) is 24.3 Å². The highest BCUT2D eigenvalue weighted by Gasteiger charge is 2.10. The molecule has 0 spiro atoms. The summed E-state index contributed by atoms with van der Waals surface area (Å²) in [6.07, 6.45) is 5.54. The fraction of sp³-hybridized carbons (Fsp3) is 0.200. The zero-order chi connectivity index (χ0) is 12.5. The molecule has 0 saturated heterocycles. The normalized spacial score (nSPS) is 11.6. The minimum atomic E-state index is -3.21. The van der Waals surface area contributed by atoms with Gasteiger partial charge in [-0.1, -0.05) is 0 Å². The van der Waals surface area contributed by atoms with Crippen LogP contribution in [0.2, 0.25) is 0 Å². The molecule has 0 fully saturated rings. The molecule has 0 aliphatic rings. The van der Waals surface area contributed by atoms with Gasteiger partial charge < -0.3 is 5.73 Å². The fourth-order valence-corrected chi connectivity index (χ4v) is 1.92. The molecule has 2 heterocycles. The van der Waals surface area contributed by atoms with Crippen LogP contribution in [0.1, 0.15) is 5.69 Å². The van der Waals surface area contributed by atoms with E-state index in [9.17, 15) is 8.42 Å². The molecule has 0 aromatic carbocycles. The molecule has 0 bridgehead atoms. The number of sulfone groups is 1. The molecule has 0 aliphatic heterocycles. The van der Waals surface area contributed by atoms with Gasteiger partial charge in [0.25, 0.3) is 0 Å². The Kier molecular flexibility index (Phi) is 2.84. The maximum absolute atomic E-state index is 11.3. The Hall–Kier alpha value is -1.89. The molecule has 2 rings (SSSR count). The third-order valence-electron chi connectivity index (χ3n) is 2.20. The standard InChI is InChI=1S/C10H12N4O2S/c1-17(15,16)10-5-13-14(7-10)6-9-4-8(11)2-3-12-9/h2-5,7H,6H2,1H3,(H2,11,12). The Bertz CT molecular complexity index is 633. The zero-order valence-corrected chi connectivity index (χ0v) is 10.1. The summed E-state index contributed by atoms with van der Waals surface area (Å²) >= 11 is 0. The summed E-state index contributed by atoms with van der Waals surface area (Å²) in [4.78, 5) is 4.31. The number of nitrogen functional groups attached to an aromatic ring is 1. The summed E-state index contributed by atoms with van der Waals surface area (Å²) < 4.78 is 24.0. The average Bonchev–Trinajstić information content (AvgIpc) is 2.65. The van der Waals surface area contributed by atoms with Crippen LogP contribution in [-0.4, -0.2) is 29.4 Å². The van der Waals surface area contributed by atoms with Crippen molar-refractivity contribution >= 4 is 15.5 Å². The van der Waals surface area contributed by atoms with Gasteiger partial charge in [-0.05, 0) is 12.1 Å². The number of anilines is 1. The van der Waals surface area contributed by atoms with Crippen LogP contribution in [0.5, 0.6) is 0 Å². The molecule has 7 heteroatoms. The molecule has 0 unspecified atom stereocenters. The van der Waals surface area contributed by atoms with Crippen LogP contribution in [0, 0.1) is 0 Å². The van der Waals surface area contributed by atoms with Crippen molar-refractivity contribution in [3.63, 3.8) is 0 Å². The van der Waals surface area contributed by atoms with E-state index in [4.69, 9.17) is 5.73 Å². The minimum absolute atomic E-state index is 0.196. The van der Waals surface area contributed by atoms with Gasteiger partial charge in [0.05, 0.1) is 18.4 Å². The van der Waals surface area contributed by atoms with Gasteiger partial charge in [-0.15, -0.1) is 0 Å². The summed E-state index contributed by atoms with van der Waals surface area (Å²) in [5, 5.41) is 3.96. The first-order valence-electron chi connectivity index (χ1n) is 4.88. The SMILES string of the molecule is CS(=O)(=O)c1cnn(Cc2cc(N)ccn2)c1. The summed E-state index contributed by atoms with van der Waals surface area (Å²) in [5.41, 5.74) is 6.97. The Morgan fingerprint density at radius 2 is 2.24 bits per heavy atom. The predicted molar refractivity (Wildman–Crippen MR) is 63.1 cm³/mol. The second-order valence-electron chi connectivity index (χ2n) is 3.73. The highest BCUT2D eigenvalue weighted by Crippen LogP contribution is 2.09. The van der Waals surface area contributed by atoms with Crippen LogP contribution >= 0.6 is 0 Å². The fourth-order valence-electron chi connectivity index (χ4n) is 1.37. The maximum atomic E-state index is 11.3. The number of nitrogens with zero attached hydrogens (tertiary/aromatic N) is 3. The van der Waals surface area contributed by atoms with E-state index in [2.05, 4.69) is 10.1 Å². The molecule has 2 N–H and O–H groups in total. The number of nitrogens with two attached hydrogens (primary N) is 1. The van der Waals surface area contributed by atoms with Gasteiger partial charge in [0.1, 0.15) is 4.90 Å². The van der Waals surface area contributed by atoms with Gasteiger partial charge >= 0.3 is 0 Å². The lowest BCUT2D eigenvalue weighted by Crippen LogP contribution is -2.03. The van der Waals surface area contributed by atoms with Gasteiger partial charge in [0.2, 0.25) is 0 Å². The number of pyridine rings is 1. The molecular formula is C10H12N4O2S. The van der Waals surface area contributed by atoms with E-state index in [0.717, 1.165) is 11.9 Å². The first-order chi connectivity index (χ1) is 7.95. The summed E-state index contributed by atoms with van der Waals surface area (Å²) in [7, 11) is -3.21.